The third-order valence-corrected chi connectivity index (χ3v) is 3.85. The molecule has 0 radical (unpaired) electrons. The molecule has 112 valence electrons. The van der Waals surface area contributed by atoms with E-state index in [4.69, 9.17) is 10.4 Å². The summed E-state index contributed by atoms with van der Waals surface area (Å²) in [7, 11) is 0. The fourth-order valence-corrected chi connectivity index (χ4v) is 2.75. The third kappa shape index (κ3) is 4.20. The summed E-state index contributed by atoms with van der Waals surface area (Å²) in [6, 6.07) is 9.37. The lowest BCUT2D eigenvalue weighted by Crippen LogP contribution is -2.48. The van der Waals surface area contributed by atoms with Crippen molar-refractivity contribution in [1.82, 2.24) is 10.2 Å². The minimum absolute atomic E-state index is 0.0875. The van der Waals surface area contributed by atoms with Gasteiger partial charge >= 0.3 is 6.03 Å². The number of piperidine rings is 1. The molecule has 0 aromatic heterocycles. The van der Waals surface area contributed by atoms with Crippen molar-refractivity contribution in [2.45, 2.75) is 38.3 Å². The first kappa shape index (κ1) is 15.3. The molecule has 1 aliphatic heterocycles. The normalized spacial score (nSPS) is 18.1. The van der Waals surface area contributed by atoms with Crippen LogP contribution < -0.4 is 5.32 Å². The number of likely N-dealkylation sites (tertiary alicyclic amines) is 1. The number of rotatable bonds is 4. The Morgan fingerprint density at radius 1 is 1.48 bits per heavy atom. The lowest BCUT2D eigenvalue weighted by molar-refractivity contribution is 0.131. The van der Waals surface area contributed by atoms with Crippen LogP contribution in [0.15, 0.2) is 24.3 Å². The summed E-state index contributed by atoms with van der Waals surface area (Å²) >= 11 is 0. The summed E-state index contributed by atoms with van der Waals surface area (Å²) in [6.45, 7) is 1.27. The van der Waals surface area contributed by atoms with Gasteiger partial charge in [-0.2, -0.15) is 5.26 Å². The third-order valence-electron chi connectivity index (χ3n) is 3.85. The van der Waals surface area contributed by atoms with Gasteiger partial charge in [0, 0.05) is 25.7 Å². The average molecular weight is 287 g/mol. The molecular formula is C16H21N3O2. The zero-order valence-corrected chi connectivity index (χ0v) is 12.1. The summed E-state index contributed by atoms with van der Waals surface area (Å²) in [5.74, 6) is 0. The number of amides is 2. The van der Waals surface area contributed by atoms with E-state index in [1.807, 2.05) is 17.0 Å². The van der Waals surface area contributed by atoms with Crippen molar-refractivity contribution >= 4 is 6.03 Å². The number of aliphatic hydroxyl groups excluding tert-OH is 1. The van der Waals surface area contributed by atoms with Crippen LogP contribution in [0.3, 0.4) is 0 Å². The molecule has 0 aliphatic carbocycles. The molecule has 1 saturated heterocycles. The van der Waals surface area contributed by atoms with E-state index in [1.165, 1.54) is 0 Å². The van der Waals surface area contributed by atoms with Crippen molar-refractivity contribution in [3.05, 3.63) is 35.4 Å². The van der Waals surface area contributed by atoms with Gasteiger partial charge in [0.05, 0.1) is 11.6 Å². The molecule has 2 rings (SSSR count). The molecule has 1 fully saturated rings. The van der Waals surface area contributed by atoms with Gasteiger partial charge in [-0.05, 0) is 43.4 Å². The van der Waals surface area contributed by atoms with Gasteiger partial charge in [0.2, 0.25) is 0 Å². The molecular weight excluding hydrogens is 266 g/mol. The van der Waals surface area contributed by atoms with E-state index in [1.54, 1.807) is 12.1 Å². The van der Waals surface area contributed by atoms with Crippen LogP contribution >= 0.6 is 0 Å². The van der Waals surface area contributed by atoms with E-state index >= 15 is 0 Å². The van der Waals surface area contributed by atoms with Gasteiger partial charge in [0.15, 0.2) is 0 Å². The van der Waals surface area contributed by atoms with Crippen molar-refractivity contribution in [3.63, 3.8) is 0 Å². The number of carbonyl (C=O) groups excluding carboxylic acids is 1. The highest BCUT2D eigenvalue weighted by atomic mass is 16.3. The van der Waals surface area contributed by atoms with E-state index in [0.29, 0.717) is 18.5 Å². The van der Waals surface area contributed by atoms with Gasteiger partial charge < -0.3 is 15.3 Å². The molecule has 2 amide bonds. The van der Waals surface area contributed by atoms with E-state index in [9.17, 15) is 4.79 Å². The van der Waals surface area contributed by atoms with E-state index in [0.717, 1.165) is 31.4 Å². The Kier molecular flexibility index (Phi) is 5.59. The smallest absolute Gasteiger partial charge is 0.317 e. The number of nitriles is 1. The zero-order chi connectivity index (χ0) is 15.1. The van der Waals surface area contributed by atoms with Crippen molar-refractivity contribution in [2.75, 3.05) is 13.2 Å². The Labute approximate surface area is 125 Å². The second-order valence-electron chi connectivity index (χ2n) is 5.33. The maximum Gasteiger partial charge on any atom is 0.317 e. The van der Waals surface area contributed by atoms with Crippen LogP contribution in [0, 0.1) is 11.3 Å². The van der Waals surface area contributed by atoms with Gasteiger partial charge in [-0.1, -0.05) is 12.1 Å². The SMILES string of the molecule is N#Cc1cccc(CNC(=O)N2CCCCC2CCO)c1. The Bertz CT molecular complexity index is 522. The second-order valence-corrected chi connectivity index (χ2v) is 5.33. The van der Waals surface area contributed by atoms with Crippen LogP contribution in [0.2, 0.25) is 0 Å². The number of hydrogen-bond acceptors (Lipinski definition) is 3. The zero-order valence-electron chi connectivity index (χ0n) is 12.1. The van der Waals surface area contributed by atoms with Crippen LogP contribution in [-0.4, -0.2) is 35.2 Å². The molecule has 1 aromatic carbocycles. The maximum atomic E-state index is 12.3. The van der Waals surface area contributed by atoms with E-state index < -0.39 is 0 Å². The molecule has 1 atom stereocenters. The molecule has 1 unspecified atom stereocenters. The number of benzene rings is 1. The summed E-state index contributed by atoms with van der Waals surface area (Å²) in [6.07, 6.45) is 3.72. The van der Waals surface area contributed by atoms with Gasteiger partial charge in [-0.3, -0.25) is 0 Å². The van der Waals surface area contributed by atoms with Crippen molar-refractivity contribution < 1.29 is 9.90 Å². The first-order chi connectivity index (χ1) is 10.2. The molecule has 21 heavy (non-hydrogen) atoms. The van der Waals surface area contributed by atoms with E-state index in [-0.39, 0.29) is 18.7 Å². The molecule has 0 bridgehead atoms. The predicted molar refractivity (Wildman–Crippen MR) is 79.4 cm³/mol. The van der Waals surface area contributed by atoms with Crippen LogP contribution in [0.4, 0.5) is 4.79 Å². The topological polar surface area (TPSA) is 76.4 Å². The predicted octanol–water partition coefficient (Wildman–Crippen LogP) is 2.00. The highest BCUT2D eigenvalue weighted by Crippen LogP contribution is 2.19. The highest BCUT2D eigenvalue weighted by molar-refractivity contribution is 5.74. The first-order valence-corrected chi connectivity index (χ1v) is 7.39. The average Bonchev–Trinajstić information content (AvgIpc) is 2.53. The van der Waals surface area contributed by atoms with Gasteiger partial charge in [0.1, 0.15) is 0 Å². The fourth-order valence-electron chi connectivity index (χ4n) is 2.75. The van der Waals surface area contributed by atoms with Crippen molar-refractivity contribution in [1.29, 1.82) is 5.26 Å². The maximum absolute atomic E-state index is 12.3. The number of nitrogens with one attached hydrogen (secondary N) is 1. The van der Waals surface area contributed by atoms with Crippen molar-refractivity contribution in [3.8, 4) is 6.07 Å². The van der Waals surface area contributed by atoms with E-state index in [2.05, 4.69) is 11.4 Å². The standard InChI is InChI=1S/C16H21N3O2/c17-11-13-4-3-5-14(10-13)12-18-16(21)19-8-2-1-6-15(19)7-9-20/h3-5,10,15,20H,1-2,6-9,12H2,(H,18,21). The summed E-state index contributed by atoms with van der Waals surface area (Å²) in [4.78, 5) is 14.1. The minimum atomic E-state index is -0.0875. The number of carbonyl (C=O) groups is 1. The monoisotopic (exact) mass is 287 g/mol. The Morgan fingerprint density at radius 3 is 3.10 bits per heavy atom. The summed E-state index contributed by atoms with van der Waals surface area (Å²) < 4.78 is 0. The van der Waals surface area contributed by atoms with Crippen LogP contribution in [0.5, 0.6) is 0 Å². The molecule has 1 aromatic rings. The number of urea groups is 1. The molecule has 5 nitrogen and oxygen atoms in total. The highest BCUT2D eigenvalue weighted by Gasteiger charge is 2.25. The fraction of sp³-hybridized carbons (Fsp3) is 0.500. The van der Waals surface area contributed by atoms with Gasteiger partial charge in [-0.25, -0.2) is 4.79 Å². The van der Waals surface area contributed by atoms with Gasteiger partial charge in [-0.15, -0.1) is 0 Å². The largest absolute Gasteiger partial charge is 0.396 e. The number of nitrogens with zero attached hydrogens (tertiary/aromatic N) is 2. The van der Waals surface area contributed by atoms with Crippen LogP contribution in [0.1, 0.15) is 36.8 Å². The molecule has 0 spiro atoms. The quantitative estimate of drug-likeness (QED) is 0.889. The molecule has 1 aliphatic rings. The molecule has 1 heterocycles. The molecule has 0 saturated carbocycles. The van der Waals surface area contributed by atoms with Crippen LogP contribution in [-0.2, 0) is 6.54 Å². The Morgan fingerprint density at radius 2 is 2.33 bits per heavy atom. The summed E-state index contributed by atoms with van der Waals surface area (Å²) in [5.41, 5.74) is 1.51. The lowest BCUT2D eigenvalue weighted by atomic mass is 10.0. The Hall–Kier alpha value is -2.06. The van der Waals surface area contributed by atoms with Crippen LogP contribution in [0.25, 0.3) is 0 Å². The first-order valence-electron chi connectivity index (χ1n) is 7.39. The minimum Gasteiger partial charge on any atom is -0.396 e. The number of aliphatic hydroxyl groups is 1. The van der Waals surface area contributed by atoms with Crippen molar-refractivity contribution in [2.24, 2.45) is 0 Å². The van der Waals surface area contributed by atoms with Gasteiger partial charge in [0.25, 0.3) is 0 Å². The molecule has 2 N–H and O–H groups in total. The molecule has 5 heteroatoms. The number of hydrogen-bond donors (Lipinski definition) is 2. The lowest BCUT2D eigenvalue weighted by Gasteiger charge is -2.35. The Balaban J connectivity index is 1.92. The summed E-state index contributed by atoms with van der Waals surface area (Å²) in [5, 5.41) is 20.9. The second kappa shape index (κ2) is 7.65.